The standard InChI is InChI=1S/C7H13NO3/c1-10-5-3-6(8-4-5)7(9)11-2/h5-6,8H,3-4H2,1-2H3. The van der Waals surface area contributed by atoms with Crippen molar-refractivity contribution in [2.75, 3.05) is 20.8 Å². The monoisotopic (exact) mass is 159 g/mol. The molecule has 0 radical (unpaired) electrons. The number of carbonyl (C=O) groups excluding carboxylic acids is 1. The van der Waals surface area contributed by atoms with Crippen LogP contribution in [0.2, 0.25) is 0 Å². The third kappa shape index (κ3) is 1.91. The summed E-state index contributed by atoms with van der Waals surface area (Å²) in [6, 6.07) is -0.176. The van der Waals surface area contributed by atoms with Crippen LogP contribution in [0.1, 0.15) is 6.42 Å². The second-order valence-corrected chi connectivity index (χ2v) is 2.58. The lowest BCUT2D eigenvalue weighted by atomic mass is 10.2. The maximum Gasteiger partial charge on any atom is 0.322 e. The van der Waals surface area contributed by atoms with Gasteiger partial charge in [0, 0.05) is 20.1 Å². The van der Waals surface area contributed by atoms with E-state index in [0.29, 0.717) is 6.42 Å². The molecule has 64 valence electrons. The third-order valence-corrected chi connectivity index (χ3v) is 1.91. The molecule has 1 heterocycles. The first kappa shape index (κ1) is 8.49. The zero-order valence-corrected chi connectivity index (χ0v) is 6.79. The highest BCUT2D eigenvalue weighted by Crippen LogP contribution is 2.09. The van der Waals surface area contributed by atoms with Crippen molar-refractivity contribution < 1.29 is 14.3 Å². The Balaban J connectivity index is 2.35. The van der Waals surface area contributed by atoms with E-state index < -0.39 is 0 Å². The van der Waals surface area contributed by atoms with Crippen molar-refractivity contribution in [3.63, 3.8) is 0 Å². The van der Waals surface area contributed by atoms with Crippen molar-refractivity contribution in [3.8, 4) is 0 Å². The van der Waals surface area contributed by atoms with Crippen LogP contribution in [0.5, 0.6) is 0 Å². The van der Waals surface area contributed by atoms with E-state index in [9.17, 15) is 4.79 Å². The first-order valence-corrected chi connectivity index (χ1v) is 3.62. The van der Waals surface area contributed by atoms with Crippen molar-refractivity contribution in [1.29, 1.82) is 0 Å². The van der Waals surface area contributed by atoms with Crippen molar-refractivity contribution >= 4 is 5.97 Å². The normalized spacial score (nSPS) is 30.4. The summed E-state index contributed by atoms with van der Waals surface area (Å²) in [6.45, 7) is 0.732. The number of ether oxygens (including phenoxy) is 2. The predicted octanol–water partition coefficient (Wildman–Crippen LogP) is -0.464. The van der Waals surface area contributed by atoms with Crippen molar-refractivity contribution in [3.05, 3.63) is 0 Å². The van der Waals surface area contributed by atoms with Crippen LogP contribution in [-0.4, -0.2) is 38.9 Å². The molecule has 0 aromatic carbocycles. The first-order chi connectivity index (χ1) is 5.27. The van der Waals surface area contributed by atoms with Crippen LogP contribution in [0, 0.1) is 0 Å². The van der Waals surface area contributed by atoms with Crippen LogP contribution >= 0.6 is 0 Å². The zero-order chi connectivity index (χ0) is 8.27. The highest BCUT2D eigenvalue weighted by Gasteiger charge is 2.29. The van der Waals surface area contributed by atoms with Crippen LogP contribution in [-0.2, 0) is 14.3 Å². The van der Waals surface area contributed by atoms with Gasteiger partial charge in [-0.2, -0.15) is 0 Å². The van der Waals surface area contributed by atoms with Crippen LogP contribution in [0.15, 0.2) is 0 Å². The highest BCUT2D eigenvalue weighted by atomic mass is 16.5. The molecular weight excluding hydrogens is 146 g/mol. The molecule has 4 nitrogen and oxygen atoms in total. The maximum atomic E-state index is 10.9. The van der Waals surface area contributed by atoms with E-state index >= 15 is 0 Å². The molecular formula is C7H13NO3. The molecule has 1 N–H and O–H groups in total. The Morgan fingerprint density at radius 2 is 2.27 bits per heavy atom. The minimum atomic E-state index is -0.204. The van der Waals surface area contributed by atoms with Gasteiger partial charge >= 0.3 is 5.97 Å². The Morgan fingerprint density at radius 3 is 2.73 bits per heavy atom. The summed E-state index contributed by atoms with van der Waals surface area (Å²) in [5, 5.41) is 3.01. The summed E-state index contributed by atoms with van der Waals surface area (Å²) < 4.78 is 9.64. The van der Waals surface area contributed by atoms with E-state index in [1.54, 1.807) is 7.11 Å². The number of nitrogens with one attached hydrogen (secondary N) is 1. The van der Waals surface area contributed by atoms with Crippen LogP contribution in [0.4, 0.5) is 0 Å². The van der Waals surface area contributed by atoms with Crippen LogP contribution in [0.3, 0.4) is 0 Å². The molecule has 0 bridgehead atoms. The molecule has 0 aliphatic carbocycles. The fraction of sp³-hybridized carbons (Fsp3) is 0.857. The number of hydrogen-bond donors (Lipinski definition) is 1. The molecule has 1 rings (SSSR count). The summed E-state index contributed by atoms with van der Waals surface area (Å²) in [5.74, 6) is -0.204. The Kier molecular flexibility index (Phi) is 2.84. The molecule has 4 heteroatoms. The van der Waals surface area contributed by atoms with Gasteiger partial charge in [0.2, 0.25) is 0 Å². The molecule has 0 aromatic rings. The summed E-state index contributed by atoms with van der Waals surface area (Å²) in [4.78, 5) is 10.9. The van der Waals surface area contributed by atoms with Gasteiger partial charge in [-0.15, -0.1) is 0 Å². The molecule has 1 fully saturated rings. The quantitative estimate of drug-likeness (QED) is 0.554. The summed E-state index contributed by atoms with van der Waals surface area (Å²) >= 11 is 0. The zero-order valence-electron chi connectivity index (χ0n) is 6.79. The molecule has 2 atom stereocenters. The molecule has 1 aliphatic heterocycles. The van der Waals surface area contributed by atoms with E-state index in [1.807, 2.05) is 0 Å². The molecule has 0 aromatic heterocycles. The predicted molar refractivity (Wildman–Crippen MR) is 39.2 cm³/mol. The van der Waals surface area contributed by atoms with E-state index in [2.05, 4.69) is 10.1 Å². The molecule has 0 saturated carbocycles. The molecule has 0 amide bonds. The fourth-order valence-corrected chi connectivity index (χ4v) is 1.20. The Bertz CT molecular complexity index is 149. The van der Waals surface area contributed by atoms with Crippen LogP contribution in [0.25, 0.3) is 0 Å². The van der Waals surface area contributed by atoms with Crippen molar-refractivity contribution in [2.24, 2.45) is 0 Å². The van der Waals surface area contributed by atoms with Gasteiger partial charge in [-0.25, -0.2) is 0 Å². The fourth-order valence-electron chi connectivity index (χ4n) is 1.20. The maximum absolute atomic E-state index is 10.9. The average Bonchev–Trinajstić information content (AvgIpc) is 2.50. The molecule has 1 aliphatic rings. The highest BCUT2D eigenvalue weighted by molar-refractivity contribution is 5.76. The van der Waals surface area contributed by atoms with Gasteiger partial charge in [-0.3, -0.25) is 4.79 Å². The lowest BCUT2D eigenvalue weighted by Gasteiger charge is -2.06. The summed E-state index contributed by atoms with van der Waals surface area (Å²) in [6.07, 6.45) is 0.863. The van der Waals surface area contributed by atoms with E-state index in [4.69, 9.17) is 4.74 Å². The number of methoxy groups -OCH3 is 2. The molecule has 11 heavy (non-hydrogen) atoms. The summed E-state index contributed by atoms with van der Waals surface area (Å²) in [7, 11) is 3.04. The van der Waals surface area contributed by atoms with Gasteiger partial charge in [0.15, 0.2) is 0 Å². The number of carbonyl (C=O) groups is 1. The Labute approximate surface area is 65.9 Å². The van der Waals surface area contributed by atoms with E-state index in [1.165, 1.54) is 7.11 Å². The van der Waals surface area contributed by atoms with Gasteiger partial charge in [0.25, 0.3) is 0 Å². The minimum Gasteiger partial charge on any atom is -0.468 e. The van der Waals surface area contributed by atoms with Gasteiger partial charge in [-0.1, -0.05) is 0 Å². The smallest absolute Gasteiger partial charge is 0.322 e. The Hall–Kier alpha value is -0.610. The number of hydrogen-bond acceptors (Lipinski definition) is 4. The average molecular weight is 159 g/mol. The number of esters is 1. The minimum absolute atomic E-state index is 0.152. The number of rotatable bonds is 2. The second-order valence-electron chi connectivity index (χ2n) is 2.58. The second kappa shape index (κ2) is 3.69. The topological polar surface area (TPSA) is 47.6 Å². The van der Waals surface area contributed by atoms with E-state index in [-0.39, 0.29) is 18.1 Å². The van der Waals surface area contributed by atoms with Gasteiger partial charge in [-0.05, 0) is 0 Å². The lowest BCUT2D eigenvalue weighted by Crippen LogP contribution is -2.31. The SMILES string of the molecule is COC(=O)C1CC(OC)CN1. The lowest BCUT2D eigenvalue weighted by molar-refractivity contribution is -0.142. The van der Waals surface area contributed by atoms with Gasteiger partial charge in [0.1, 0.15) is 6.04 Å². The summed E-state index contributed by atoms with van der Waals surface area (Å²) in [5.41, 5.74) is 0. The van der Waals surface area contributed by atoms with Crippen molar-refractivity contribution in [1.82, 2.24) is 5.32 Å². The molecule has 1 saturated heterocycles. The third-order valence-electron chi connectivity index (χ3n) is 1.91. The molecule has 2 unspecified atom stereocenters. The van der Waals surface area contributed by atoms with Crippen LogP contribution < -0.4 is 5.32 Å². The first-order valence-electron chi connectivity index (χ1n) is 3.62. The van der Waals surface area contributed by atoms with Gasteiger partial charge in [0.05, 0.1) is 13.2 Å². The largest absolute Gasteiger partial charge is 0.468 e. The van der Waals surface area contributed by atoms with Gasteiger partial charge < -0.3 is 14.8 Å². The molecule has 0 spiro atoms. The van der Waals surface area contributed by atoms with Crippen molar-refractivity contribution in [2.45, 2.75) is 18.6 Å². The Morgan fingerprint density at radius 1 is 1.55 bits per heavy atom. The van der Waals surface area contributed by atoms with E-state index in [0.717, 1.165) is 6.54 Å².